The predicted molar refractivity (Wildman–Crippen MR) is 34.3 cm³/mol. The van der Waals surface area contributed by atoms with Crippen LogP contribution in [0.4, 0.5) is 0 Å². The van der Waals surface area contributed by atoms with E-state index in [9.17, 15) is 4.79 Å². The topological polar surface area (TPSA) is 90.6 Å². The summed E-state index contributed by atoms with van der Waals surface area (Å²) in [5.41, 5.74) is -2.07. The van der Waals surface area contributed by atoms with Gasteiger partial charge in [-0.2, -0.15) is 5.26 Å². The SMILES string of the molecule is COC(=O)[C@@](O)(CO)CC#N. The molecule has 0 heterocycles. The summed E-state index contributed by atoms with van der Waals surface area (Å²) in [5, 5.41) is 25.8. The van der Waals surface area contributed by atoms with Gasteiger partial charge in [-0.3, -0.25) is 0 Å². The normalized spacial score (nSPS) is 14.7. The van der Waals surface area contributed by atoms with Crippen molar-refractivity contribution < 1.29 is 19.7 Å². The third-order valence-electron chi connectivity index (χ3n) is 1.20. The Morgan fingerprint density at radius 3 is 2.64 bits per heavy atom. The highest BCUT2D eigenvalue weighted by Gasteiger charge is 2.36. The Bertz CT molecular complexity index is 186. The molecule has 0 radical (unpaired) electrons. The van der Waals surface area contributed by atoms with Crippen LogP contribution in [0.15, 0.2) is 0 Å². The van der Waals surface area contributed by atoms with E-state index in [1.165, 1.54) is 0 Å². The van der Waals surface area contributed by atoms with Gasteiger partial charge in [-0.15, -0.1) is 0 Å². The molecule has 0 saturated heterocycles. The van der Waals surface area contributed by atoms with Crippen molar-refractivity contribution in [2.45, 2.75) is 12.0 Å². The average Bonchev–Trinajstić information content (AvgIpc) is 2.03. The van der Waals surface area contributed by atoms with Gasteiger partial charge in [0.15, 0.2) is 5.60 Å². The third-order valence-corrected chi connectivity index (χ3v) is 1.20. The molecular formula is C6H9NO4. The first-order valence-corrected chi connectivity index (χ1v) is 2.89. The highest BCUT2D eigenvalue weighted by molar-refractivity contribution is 5.79. The van der Waals surface area contributed by atoms with E-state index in [1.807, 2.05) is 0 Å². The van der Waals surface area contributed by atoms with Crippen LogP contribution in [0.3, 0.4) is 0 Å². The van der Waals surface area contributed by atoms with E-state index in [2.05, 4.69) is 4.74 Å². The molecule has 0 fully saturated rings. The van der Waals surface area contributed by atoms with Gasteiger partial charge in [0.05, 0.1) is 26.2 Å². The van der Waals surface area contributed by atoms with Gasteiger partial charge in [-0.25, -0.2) is 4.79 Å². The number of carbonyl (C=O) groups is 1. The maximum absolute atomic E-state index is 10.7. The minimum atomic E-state index is -2.07. The van der Waals surface area contributed by atoms with Crippen molar-refractivity contribution >= 4 is 5.97 Å². The van der Waals surface area contributed by atoms with Crippen molar-refractivity contribution in [1.82, 2.24) is 0 Å². The molecule has 0 aromatic carbocycles. The van der Waals surface area contributed by atoms with Crippen LogP contribution in [0.2, 0.25) is 0 Å². The number of ether oxygens (including phenoxy) is 1. The predicted octanol–water partition coefficient (Wildman–Crippen LogP) is -1.20. The highest BCUT2D eigenvalue weighted by atomic mass is 16.5. The van der Waals surface area contributed by atoms with Gasteiger partial charge < -0.3 is 14.9 Å². The van der Waals surface area contributed by atoms with Crippen LogP contribution in [-0.4, -0.2) is 35.5 Å². The maximum atomic E-state index is 10.7. The zero-order valence-corrected chi connectivity index (χ0v) is 6.07. The summed E-state index contributed by atoms with van der Waals surface area (Å²) < 4.78 is 4.16. The van der Waals surface area contributed by atoms with Crippen LogP contribution in [0.5, 0.6) is 0 Å². The highest BCUT2D eigenvalue weighted by Crippen LogP contribution is 2.09. The molecule has 0 aliphatic rings. The van der Waals surface area contributed by atoms with E-state index in [0.717, 1.165) is 7.11 Å². The molecule has 0 bridgehead atoms. The van der Waals surface area contributed by atoms with Gasteiger partial charge >= 0.3 is 5.97 Å². The molecule has 62 valence electrons. The number of hydrogen-bond acceptors (Lipinski definition) is 5. The Hall–Kier alpha value is -1.12. The van der Waals surface area contributed by atoms with Crippen molar-refractivity contribution in [3.8, 4) is 6.07 Å². The fourth-order valence-electron chi connectivity index (χ4n) is 0.513. The number of hydrogen-bond donors (Lipinski definition) is 2. The molecule has 0 rings (SSSR count). The van der Waals surface area contributed by atoms with Crippen LogP contribution in [0.25, 0.3) is 0 Å². The second-order valence-electron chi connectivity index (χ2n) is 2.02. The minimum absolute atomic E-state index is 0.476. The molecule has 11 heavy (non-hydrogen) atoms. The molecule has 0 aliphatic carbocycles. The van der Waals surface area contributed by atoms with Crippen LogP contribution in [-0.2, 0) is 9.53 Å². The molecular weight excluding hydrogens is 150 g/mol. The quantitative estimate of drug-likeness (QED) is 0.504. The second-order valence-corrected chi connectivity index (χ2v) is 2.02. The Labute approximate surface area is 63.8 Å². The van der Waals surface area contributed by atoms with Gasteiger partial charge in [0.25, 0.3) is 0 Å². The minimum Gasteiger partial charge on any atom is -0.467 e. The number of carbonyl (C=O) groups excluding carboxylic acids is 1. The Morgan fingerprint density at radius 1 is 1.82 bits per heavy atom. The standard InChI is InChI=1S/C6H9NO4/c1-11-5(9)6(10,4-8)2-3-7/h8,10H,2,4H2,1H3/t6-/m0/s1. The smallest absolute Gasteiger partial charge is 0.341 e. The van der Waals surface area contributed by atoms with Crippen LogP contribution >= 0.6 is 0 Å². The van der Waals surface area contributed by atoms with Gasteiger partial charge in [0.1, 0.15) is 0 Å². The summed E-state index contributed by atoms with van der Waals surface area (Å²) in [5.74, 6) is -0.999. The fourth-order valence-corrected chi connectivity index (χ4v) is 0.513. The number of methoxy groups -OCH3 is 1. The van der Waals surface area contributed by atoms with Crippen LogP contribution in [0, 0.1) is 11.3 Å². The Balaban J connectivity index is 4.34. The van der Waals surface area contributed by atoms with E-state index >= 15 is 0 Å². The molecule has 0 spiro atoms. The molecule has 0 aromatic heterocycles. The van der Waals surface area contributed by atoms with Gasteiger partial charge in [-0.05, 0) is 0 Å². The molecule has 0 amide bonds. The number of aliphatic hydroxyl groups excluding tert-OH is 1. The molecule has 1 atom stereocenters. The van der Waals surface area contributed by atoms with Crippen molar-refractivity contribution in [2.75, 3.05) is 13.7 Å². The molecule has 5 nitrogen and oxygen atoms in total. The first-order chi connectivity index (χ1) is 5.10. The van der Waals surface area contributed by atoms with E-state index in [0.29, 0.717) is 0 Å². The lowest BCUT2D eigenvalue weighted by Gasteiger charge is -2.18. The van der Waals surface area contributed by atoms with Crippen LogP contribution in [0.1, 0.15) is 6.42 Å². The number of nitrogens with zero attached hydrogens (tertiary/aromatic N) is 1. The summed E-state index contributed by atoms with van der Waals surface area (Å²) in [6.07, 6.45) is -0.476. The largest absolute Gasteiger partial charge is 0.467 e. The van der Waals surface area contributed by atoms with Gasteiger partial charge in [0.2, 0.25) is 0 Å². The molecule has 0 aromatic rings. The maximum Gasteiger partial charge on any atom is 0.341 e. The number of esters is 1. The van der Waals surface area contributed by atoms with Crippen molar-refractivity contribution in [3.63, 3.8) is 0 Å². The van der Waals surface area contributed by atoms with E-state index in [1.54, 1.807) is 6.07 Å². The number of aliphatic hydroxyl groups is 2. The van der Waals surface area contributed by atoms with Gasteiger partial charge in [-0.1, -0.05) is 0 Å². The third kappa shape index (κ3) is 2.18. The Kier molecular flexibility index (Phi) is 3.51. The number of nitriles is 1. The molecule has 2 N–H and O–H groups in total. The number of rotatable bonds is 3. The summed E-state index contributed by atoms with van der Waals surface area (Å²) in [7, 11) is 1.07. The van der Waals surface area contributed by atoms with E-state index in [4.69, 9.17) is 15.5 Å². The first-order valence-electron chi connectivity index (χ1n) is 2.89. The van der Waals surface area contributed by atoms with Crippen LogP contribution < -0.4 is 0 Å². The van der Waals surface area contributed by atoms with E-state index in [-0.39, 0.29) is 0 Å². The second kappa shape index (κ2) is 3.91. The molecule has 5 heteroatoms. The molecule has 0 unspecified atom stereocenters. The zero-order chi connectivity index (χ0) is 8.91. The van der Waals surface area contributed by atoms with Crippen molar-refractivity contribution in [1.29, 1.82) is 5.26 Å². The average molecular weight is 159 g/mol. The summed E-state index contributed by atoms with van der Waals surface area (Å²) in [6.45, 7) is -0.812. The summed E-state index contributed by atoms with van der Waals surface area (Å²) in [4.78, 5) is 10.7. The molecule has 0 aliphatic heterocycles. The Morgan fingerprint density at radius 2 is 2.36 bits per heavy atom. The van der Waals surface area contributed by atoms with Crippen molar-refractivity contribution in [3.05, 3.63) is 0 Å². The lowest BCUT2D eigenvalue weighted by molar-refractivity contribution is -0.165. The lowest BCUT2D eigenvalue weighted by Crippen LogP contribution is -2.42. The van der Waals surface area contributed by atoms with Crippen molar-refractivity contribution in [2.24, 2.45) is 0 Å². The van der Waals surface area contributed by atoms with E-state index < -0.39 is 24.6 Å². The summed E-state index contributed by atoms with van der Waals surface area (Å²) >= 11 is 0. The zero-order valence-electron chi connectivity index (χ0n) is 6.07. The lowest BCUT2D eigenvalue weighted by atomic mass is 10.0. The first kappa shape index (κ1) is 9.88. The molecule has 0 saturated carbocycles. The monoisotopic (exact) mass is 159 g/mol. The summed E-state index contributed by atoms with van der Waals surface area (Å²) in [6, 6.07) is 1.56. The fraction of sp³-hybridized carbons (Fsp3) is 0.667. The van der Waals surface area contributed by atoms with Gasteiger partial charge in [0, 0.05) is 0 Å².